The van der Waals surface area contributed by atoms with E-state index in [1.165, 1.54) is 17.8 Å². The van der Waals surface area contributed by atoms with Crippen LogP contribution >= 0.6 is 35.3 Å². The molecule has 0 aromatic carbocycles. The molecule has 1 aromatic heterocycles. The van der Waals surface area contributed by atoms with Gasteiger partial charge in [0.15, 0.2) is 5.96 Å². The molecule has 1 fully saturated rings. The van der Waals surface area contributed by atoms with Gasteiger partial charge in [0, 0.05) is 31.1 Å². The van der Waals surface area contributed by atoms with Crippen molar-refractivity contribution in [2.75, 3.05) is 20.1 Å². The summed E-state index contributed by atoms with van der Waals surface area (Å²) >= 11 is 1.34. The van der Waals surface area contributed by atoms with E-state index in [2.05, 4.69) is 36.4 Å². The van der Waals surface area contributed by atoms with Crippen LogP contribution in [0.3, 0.4) is 0 Å². The lowest BCUT2D eigenvalue weighted by Crippen LogP contribution is -2.41. The Hall–Kier alpha value is -0.390. The van der Waals surface area contributed by atoms with Crippen molar-refractivity contribution in [1.29, 1.82) is 0 Å². The van der Waals surface area contributed by atoms with Gasteiger partial charge in [-0.15, -0.1) is 35.3 Å². The van der Waals surface area contributed by atoms with Crippen molar-refractivity contribution >= 4 is 51.3 Å². The monoisotopic (exact) mass is 542 g/mol. The summed E-state index contributed by atoms with van der Waals surface area (Å²) in [5, 5.41) is 6.69. The summed E-state index contributed by atoms with van der Waals surface area (Å²) in [4.78, 5) is 5.26. The number of sulfonamides is 1. The molecule has 0 amide bonds. The molecule has 1 saturated heterocycles. The number of aliphatic imine (C=N–C) groups is 1. The van der Waals surface area contributed by atoms with Gasteiger partial charge in [-0.3, -0.25) is 4.99 Å². The fraction of sp³-hybridized carbons (Fsp3) is 0.737. The van der Waals surface area contributed by atoms with Crippen LogP contribution in [-0.4, -0.2) is 44.9 Å². The first-order valence-electron chi connectivity index (χ1n) is 9.89. The number of thiophene rings is 1. The van der Waals surface area contributed by atoms with Crippen LogP contribution in [0.2, 0.25) is 0 Å². The second-order valence-electron chi connectivity index (χ2n) is 7.63. The van der Waals surface area contributed by atoms with E-state index in [1.807, 2.05) is 6.07 Å². The zero-order valence-electron chi connectivity index (χ0n) is 17.4. The van der Waals surface area contributed by atoms with Crippen LogP contribution in [0.15, 0.2) is 21.3 Å². The first-order valence-corrected chi connectivity index (χ1v) is 12.1. The van der Waals surface area contributed by atoms with E-state index in [0.29, 0.717) is 35.8 Å². The number of halogens is 1. The van der Waals surface area contributed by atoms with Gasteiger partial charge in [-0.25, -0.2) is 8.42 Å². The third-order valence-electron chi connectivity index (χ3n) is 4.76. The minimum atomic E-state index is -3.34. The van der Waals surface area contributed by atoms with Crippen molar-refractivity contribution in [2.45, 2.75) is 69.7 Å². The van der Waals surface area contributed by atoms with E-state index < -0.39 is 10.0 Å². The molecule has 162 valence electrons. The Balaban J connectivity index is 0.00000392. The molecule has 0 spiro atoms. The van der Waals surface area contributed by atoms with Crippen LogP contribution < -0.4 is 10.6 Å². The molecule has 1 aliphatic heterocycles. The first kappa shape index (κ1) is 25.6. The van der Waals surface area contributed by atoms with Crippen molar-refractivity contribution in [3.63, 3.8) is 0 Å². The van der Waals surface area contributed by atoms with Crippen LogP contribution in [0.4, 0.5) is 0 Å². The highest BCUT2D eigenvalue weighted by atomic mass is 127. The molecule has 2 rings (SSSR count). The number of piperidine rings is 1. The lowest BCUT2D eigenvalue weighted by atomic mass is 10.0. The van der Waals surface area contributed by atoms with E-state index in [4.69, 9.17) is 0 Å². The number of nitrogens with one attached hydrogen (secondary N) is 2. The summed E-state index contributed by atoms with van der Waals surface area (Å²) in [5.41, 5.74) is 0. The van der Waals surface area contributed by atoms with Gasteiger partial charge in [0.05, 0.1) is 6.54 Å². The van der Waals surface area contributed by atoms with Crippen molar-refractivity contribution in [3.05, 3.63) is 17.0 Å². The fourth-order valence-corrected chi connectivity index (χ4v) is 6.05. The summed E-state index contributed by atoms with van der Waals surface area (Å²) in [6.07, 6.45) is 5.29. The number of hydrogen-bond donors (Lipinski definition) is 2. The number of nitrogens with zero attached hydrogens (tertiary/aromatic N) is 2. The van der Waals surface area contributed by atoms with E-state index in [1.54, 1.807) is 17.4 Å². The molecule has 28 heavy (non-hydrogen) atoms. The standard InChI is InChI=1S/C19H34N4O2S2.HI/c1-15(2)8-9-16(3)22-19(20-4)21-14-17-10-11-18(26-17)27(24,25)23-12-6-5-7-13-23;/h10-11,15-16H,5-9,12-14H2,1-4H3,(H2,20,21,22);1H. The van der Waals surface area contributed by atoms with E-state index in [-0.39, 0.29) is 24.0 Å². The second-order valence-corrected chi connectivity index (χ2v) is 11.0. The zero-order chi connectivity index (χ0) is 19.9. The highest BCUT2D eigenvalue weighted by Crippen LogP contribution is 2.27. The molecule has 0 aliphatic carbocycles. The maximum atomic E-state index is 12.7. The van der Waals surface area contributed by atoms with Crippen molar-refractivity contribution in [2.24, 2.45) is 10.9 Å². The quantitative estimate of drug-likeness (QED) is 0.296. The Morgan fingerprint density at radius 2 is 1.86 bits per heavy atom. The molecule has 0 bridgehead atoms. The molecule has 1 aromatic rings. The second kappa shape index (κ2) is 12.3. The summed E-state index contributed by atoms with van der Waals surface area (Å²) in [5.74, 6) is 1.44. The summed E-state index contributed by atoms with van der Waals surface area (Å²) < 4.78 is 27.6. The van der Waals surface area contributed by atoms with E-state index in [0.717, 1.165) is 36.5 Å². The Labute approximate surface area is 191 Å². The maximum absolute atomic E-state index is 12.7. The van der Waals surface area contributed by atoms with Gasteiger partial charge in [0.25, 0.3) is 10.0 Å². The van der Waals surface area contributed by atoms with Gasteiger partial charge in [-0.2, -0.15) is 4.31 Å². The van der Waals surface area contributed by atoms with Crippen LogP contribution in [0.1, 0.15) is 57.8 Å². The van der Waals surface area contributed by atoms with Gasteiger partial charge in [-0.05, 0) is 50.7 Å². The molecule has 1 unspecified atom stereocenters. The van der Waals surface area contributed by atoms with Gasteiger partial charge in [0.1, 0.15) is 4.21 Å². The molecule has 2 N–H and O–H groups in total. The molecule has 6 nitrogen and oxygen atoms in total. The SMILES string of the molecule is CN=C(NCc1ccc(S(=O)(=O)N2CCCCC2)s1)NC(C)CCC(C)C.I. The predicted octanol–water partition coefficient (Wildman–Crippen LogP) is 4.03. The average molecular weight is 543 g/mol. The topological polar surface area (TPSA) is 73.8 Å². The van der Waals surface area contributed by atoms with Crippen LogP contribution in [0, 0.1) is 5.92 Å². The largest absolute Gasteiger partial charge is 0.354 e. The zero-order valence-corrected chi connectivity index (χ0v) is 21.4. The maximum Gasteiger partial charge on any atom is 0.252 e. The predicted molar refractivity (Wildman–Crippen MR) is 129 cm³/mol. The number of hydrogen-bond acceptors (Lipinski definition) is 4. The lowest BCUT2D eigenvalue weighted by molar-refractivity contribution is 0.347. The van der Waals surface area contributed by atoms with Crippen molar-refractivity contribution in [1.82, 2.24) is 14.9 Å². The molecule has 0 radical (unpaired) electrons. The van der Waals surface area contributed by atoms with Crippen molar-refractivity contribution in [3.8, 4) is 0 Å². The Morgan fingerprint density at radius 1 is 1.18 bits per heavy atom. The highest BCUT2D eigenvalue weighted by molar-refractivity contribution is 14.0. The summed E-state index contributed by atoms with van der Waals surface area (Å²) in [6, 6.07) is 3.97. The summed E-state index contributed by atoms with van der Waals surface area (Å²) in [6.45, 7) is 8.45. The van der Waals surface area contributed by atoms with Crippen LogP contribution in [-0.2, 0) is 16.6 Å². The van der Waals surface area contributed by atoms with Gasteiger partial charge in [0.2, 0.25) is 0 Å². The molecular weight excluding hydrogens is 507 g/mol. The highest BCUT2D eigenvalue weighted by Gasteiger charge is 2.27. The molecule has 1 atom stereocenters. The third-order valence-corrected chi connectivity index (χ3v) is 8.21. The van der Waals surface area contributed by atoms with Gasteiger partial charge < -0.3 is 10.6 Å². The minimum absolute atomic E-state index is 0. The molecular formula is C19H35IN4O2S2. The Morgan fingerprint density at radius 3 is 2.46 bits per heavy atom. The average Bonchev–Trinajstić information content (AvgIpc) is 3.14. The molecule has 1 aliphatic rings. The van der Waals surface area contributed by atoms with Gasteiger partial charge in [-0.1, -0.05) is 20.3 Å². The Bertz CT molecular complexity index is 713. The van der Waals surface area contributed by atoms with Crippen LogP contribution in [0.5, 0.6) is 0 Å². The smallest absolute Gasteiger partial charge is 0.252 e. The van der Waals surface area contributed by atoms with Crippen molar-refractivity contribution < 1.29 is 8.42 Å². The summed E-state index contributed by atoms with van der Waals surface area (Å²) in [7, 11) is -1.59. The first-order chi connectivity index (χ1) is 12.8. The normalized spacial score (nSPS) is 17.2. The van der Waals surface area contributed by atoms with Gasteiger partial charge >= 0.3 is 0 Å². The molecule has 2 heterocycles. The van der Waals surface area contributed by atoms with E-state index in [9.17, 15) is 8.42 Å². The number of rotatable bonds is 8. The van der Waals surface area contributed by atoms with E-state index >= 15 is 0 Å². The fourth-order valence-electron chi connectivity index (χ4n) is 3.08. The molecule has 9 heteroatoms. The van der Waals surface area contributed by atoms with Crippen LogP contribution in [0.25, 0.3) is 0 Å². The number of guanidine groups is 1. The third kappa shape index (κ3) is 7.79. The lowest BCUT2D eigenvalue weighted by Gasteiger charge is -2.25. The minimum Gasteiger partial charge on any atom is -0.354 e. The Kier molecular flexibility index (Phi) is 11.3. The molecule has 0 saturated carbocycles.